The summed E-state index contributed by atoms with van der Waals surface area (Å²) in [6.45, 7) is 3.21. The normalized spacial score (nSPS) is 15.0. The molecule has 0 bridgehead atoms. The van der Waals surface area contributed by atoms with E-state index in [-0.39, 0.29) is 10.8 Å². The van der Waals surface area contributed by atoms with Crippen molar-refractivity contribution in [2.24, 2.45) is 0 Å². The van der Waals surface area contributed by atoms with Crippen LogP contribution in [0, 0.1) is 6.92 Å². The van der Waals surface area contributed by atoms with Gasteiger partial charge in [0.05, 0.1) is 4.90 Å². The van der Waals surface area contributed by atoms with Gasteiger partial charge in [0.1, 0.15) is 0 Å². The maximum Gasteiger partial charge on any atom is 0.255 e. The van der Waals surface area contributed by atoms with Gasteiger partial charge < -0.3 is 5.32 Å². The number of rotatable bonds is 7. The molecule has 1 amide bonds. The summed E-state index contributed by atoms with van der Waals surface area (Å²) in [5, 5.41) is 2.86. The van der Waals surface area contributed by atoms with Crippen LogP contribution in [0.5, 0.6) is 0 Å². The molecule has 0 atom stereocenters. The number of anilines is 1. The van der Waals surface area contributed by atoms with Crippen LogP contribution in [0.1, 0.15) is 47.2 Å². The average molecular weight is 495 g/mol. The van der Waals surface area contributed by atoms with Crippen molar-refractivity contribution in [2.45, 2.75) is 48.2 Å². The smallest absolute Gasteiger partial charge is 0.255 e. The zero-order chi connectivity index (χ0) is 24.0. The van der Waals surface area contributed by atoms with E-state index in [1.54, 1.807) is 40.3 Å². The molecule has 0 aromatic heterocycles. The Bertz CT molecular complexity index is 1200. The highest BCUT2D eigenvalue weighted by atomic mass is 32.2. The van der Waals surface area contributed by atoms with Crippen molar-refractivity contribution >= 4 is 33.4 Å². The van der Waals surface area contributed by atoms with E-state index in [1.807, 2.05) is 24.3 Å². The summed E-state index contributed by atoms with van der Waals surface area (Å²) in [6, 6.07) is 22.4. The molecule has 0 unspecified atom stereocenters. The second-order valence-electron chi connectivity index (χ2n) is 8.60. The molecule has 4 rings (SSSR count). The second-order valence-corrected chi connectivity index (χ2v) is 11.6. The molecule has 34 heavy (non-hydrogen) atoms. The van der Waals surface area contributed by atoms with Crippen molar-refractivity contribution < 1.29 is 13.2 Å². The topological polar surface area (TPSA) is 66.5 Å². The first-order valence-corrected chi connectivity index (χ1v) is 14.0. The second kappa shape index (κ2) is 11.2. The largest absolute Gasteiger partial charge is 0.322 e. The molecule has 1 aliphatic rings. The fourth-order valence-electron chi connectivity index (χ4n) is 3.90. The molecule has 1 fully saturated rings. The maximum absolute atomic E-state index is 12.9. The highest BCUT2D eigenvalue weighted by molar-refractivity contribution is 7.98. The van der Waals surface area contributed by atoms with Crippen LogP contribution in [-0.2, 0) is 15.8 Å². The van der Waals surface area contributed by atoms with E-state index in [1.165, 1.54) is 10.5 Å². The van der Waals surface area contributed by atoms with Crippen LogP contribution in [0.3, 0.4) is 0 Å². The molecule has 1 saturated heterocycles. The molecule has 1 aliphatic heterocycles. The first-order chi connectivity index (χ1) is 16.4. The summed E-state index contributed by atoms with van der Waals surface area (Å²) in [6.07, 6.45) is 3.95. The zero-order valence-electron chi connectivity index (χ0n) is 19.4. The van der Waals surface area contributed by atoms with E-state index in [9.17, 15) is 13.2 Å². The van der Waals surface area contributed by atoms with Crippen LogP contribution < -0.4 is 5.32 Å². The van der Waals surface area contributed by atoms with Gasteiger partial charge in [-0.2, -0.15) is 4.31 Å². The number of hydrogen-bond acceptors (Lipinski definition) is 4. The van der Waals surface area contributed by atoms with E-state index in [0.29, 0.717) is 24.3 Å². The molecule has 3 aromatic rings. The Kier molecular flexibility index (Phi) is 8.08. The van der Waals surface area contributed by atoms with Gasteiger partial charge in [-0.3, -0.25) is 4.79 Å². The fraction of sp³-hybridized carbons (Fsp3) is 0.296. The molecule has 1 heterocycles. The molecule has 0 radical (unpaired) electrons. The van der Waals surface area contributed by atoms with Gasteiger partial charge in [0.2, 0.25) is 10.0 Å². The molecular weight excluding hydrogens is 464 g/mol. The number of amides is 1. The van der Waals surface area contributed by atoms with E-state index in [2.05, 4.69) is 36.5 Å². The number of nitrogens with zero attached hydrogens (tertiary/aromatic N) is 1. The molecular formula is C27H30N2O3S2. The van der Waals surface area contributed by atoms with E-state index in [0.717, 1.165) is 37.0 Å². The minimum atomic E-state index is -3.50. The first kappa shape index (κ1) is 24.5. The summed E-state index contributed by atoms with van der Waals surface area (Å²) in [4.78, 5) is 14.1. The Morgan fingerprint density at radius 1 is 0.853 bits per heavy atom. The van der Waals surface area contributed by atoms with E-state index in [4.69, 9.17) is 0 Å². The standard InChI is InChI=1S/C27H30N2O3S2/c1-21-6-14-25(15-7-21)33-20-22-8-10-23(11-9-22)27(30)28-24-12-16-26(17-13-24)34(31,32)29-18-4-2-3-5-19-29/h6-17H,2-5,18-20H2,1H3,(H,28,30). The lowest BCUT2D eigenvalue weighted by atomic mass is 10.1. The highest BCUT2D eigenvalue weighted by Crippen LogP contribution is 2.24. The van der Waals surface area contributed by atoms with Crippen LogP contribution in [0.15, 0.2) is 82.6 Å². The first-order valence-electron chi connectivity index (χ1n) is 11.6. The van der Waals surface area contributed by atoms with Gasteiger partial charge in [-0.25, -0.2) is 8.42 Å². The quantitative estimate of drug-likeness (QED) is 0.403. The number of thioether (sulfide) groups is 1. The summed E-state index contributed by atoms with van der Waals surface area (Å²) in [5.41, 5.74) is 3.52. The predicted octanol–water partition coefficient (Wildman–Crippen LogP) is 6.10. The Morgan fingerprint density at radius 3 is 2.09 bits per heavy atom. The summed E-state index contributed by atoms with van der Waals surface area (Å²) >= 11 is 1.76. The third-order valence-electron chi connectivity index (χ3n) is 5.96. The van der Waals surface area contributed by atoms with Crippen LogP contribution >= 0.6 is 11.8 Å². The Balaban J connectivity index is 1.34. The zero-order valence-corrected chi connectivity index (χ0v) is 21.0. The molecule has 0 aliphatic carbocycles. The Hall–Kier alpha value is -2.61. The van der Waals surface area contributed by atoms with Crippen LogP contribution in [-0.4, -0.2) is 31.7 Å². The Morgan fingerprint density at radius 2 is 1.47 bits per heavy atom. The maximum atomic E-state index is 12.9. The minimum absolute atomic E-state index is 0.221. The minimum Gasteiger partial charge on any atom is -0.322 e. The summed E-state index contributed by atoms with van der Waals surface area (Å²) in [7, 11) is -3.50. The molecule has 0 saturated carbocycles. The summed E-state index contributed by atoms with van der Waals surface area (Å²) in [5.74, 6) is 0.610. The number of sulfonamides is 1. The van der Waals surface area contributed by atoms with Crippen molar-refractivity contribution in [3.8, 4) is 0 Å². The average Bonchev–Trinajstić information content (AvgIpc) is 3.15. The van der Waals surface area contributed by atoms with Crippen LogP contribution in [0.4, 0.5) is 5.69 Å². The third kappa shape index (κ3) is 6.29. The Labute approximate surface area is 206 Å². The number of carbonyl (C=O) groups excluding carboxylic acids is 1. The van der Waals surface area contributed by atoms with Crippen LogP contribution in [0.2, 0.25) is 0 Å². The van der Waals surface area contributed by atoms with Gasteiger partial charge in [0.15, 0.2) is 0 Å². The van der Waals surface area contributed by atoms with Crippen molar-refractivity contribution in [3.05, 3.63) is 89.5 Å². The molecule has 1 N–H and O–H groups in total. The lowest BCUT2D eigenvalue weighted by molar-refractivity contribution is 0.102. The van der Waals surface area contributed by atoms with E-state index < -0.39 is 10.0 Å². The van der Waals surface area contributed by atoms with Crippen LogP contribution in [0.25, 0.3) is 0 Å². The van der Waals surface area contributed by atoms with Gasteiger partial charge in [-0.1, -0.05) is 42.7 Å². The van der Waals surface area contributed by atoms with Gasteiger partial charge >= 0.3 is 0 Å². The van der Waals surface area contributed by atoms with Crippen molar-refractivity contribution in [2.75, 3.05) is 18.4 Å². The molecule has 178 valence electrons. The van der Waals surface area contributed by atoms with E-state index >= 15 is 0 Å². The third-order valence-corrected chi connectivity index (χ3v) is 8.95. The highest BCUT2D eigenvalue weighted by Gasteiger charge is 2.25. The van der Waals surface area contributed by atoms with Gasteiger partial charge in [0, 0.05) is 35.0 Å². The van der Waals surface area contributed by atoms with Gasteiger partial charge in [-0.15, -0.1) is 11.8 Å². The monoisotopic (exact) mass is 494 g/mol. The summed E-state index contributed by atoms with van der Waals surface area (Å²) < 4.78 is 27.4. The number of carbonyl (C=O) groups is 1. The lowest BCUT2D eigenvalue weighted by Crippen LogP contribution is -2.31. The molecule has 5 nitrogen and oxygen atoms in total. The predicted molar refractivity (Wildman–Crippen MR) is 139 cm³/mol. The number of benzene rings is 3. The van der Waals surface area contributed by atoms with Crippen molar-refractivity contribution in [1.29, 1.82) is 0 Å². The van der Waals surface area contributed by atoms with Crippen molar-refractivity contribution in [3.63, 3.8) is 0 Å². The van der Waals surface area contributed by atoms with Crippen molar-refractivity contribution in [1.82, 2.24) is 4.31 Å². The van der Waals surface area contributed by atoms with Gasteiger partial charge in [-0.05, 0) is 73.9 Å². The SMILES string of the molecule is Cc1ccc(SCc2ccc(C(=O)Nc3ccc(S(=O)(=O)N4CCCCCC4)cc3)cc2)cc1. The number of nitrogens with one attached hydrogen (secondary N) is 1. The lowest BCUT2D eigenvalue weighted by Gasteiger charge is -2.20. The fourth-order valence-corrected chi connectivity index (χ4v) is 6.27. The number of hydrogen-bond donors (Lipinski definition) is 1. The molecule has 0 spiro atoms. The number of aryl methyl sites for hydroxylation is 1. The van der Waals surface area contributed by atoms with Gasteiger partial charge in [0.25, 0.3) is 5.91 Å². The molecule has 3 aromatic carbocycles. The molecule has 7 heteroatoms.